The average molecular weight is 374 g/mol. The van der Waals surface area contributed by atoms with Gasteiger partial charge in [-0.2, -0.15) is 0 Å². The summed E-state index contributed by atoms with van der Waals surface area (Å²) in [5.41, 5.74) is 0.603. The molecule has 2 aliphatic heterocycles. The van der Waals surface area contributed by atoms with Gasteiger partial charge in [0, 0.05) is 32.1 Å². The molecule has 6 heteroatoms. The summed E-state index contributed by atoms with van der Waals surface area (Å²) >= 11 is 0. The SMILES string of the molecule is CC(C)(C)OC(=O)N1CC(C(=O)N2CCOCC2)CC(c2ccccc2)C1. The lowest BCUT2D eigenvalue weighted by Gasteiger charge is -2.40. The van der Waals surface area contributed by atoms with Crippen LogP contribution in [0.3, 0.4) is 0 Å². The predicted molar refractivity (Wildman–Crippen MR) is 102 cm³/mol. The number of hydrogen-bond acceptors (Lipinski definition) is 4. The summed E-state index contributed by atoms with van der Waals surface area (Å²) in [5.74, 6) is 0.0320. The van der Waals surface area contributed by atoms with E-state index in [2.05, 4.69) is 12.1 Å². The van der Waals surface area contributed by atoms with Crippen molar-refractivity contribution in [3.63, 3.8) is 0 Å². The summed E-state index contributed by atoms with van der Waals surface area (Å²) in [4.78, 5) is 29.3. The molecule has 0 bridgehead atoms. The highest BCUT2D eigenvalue weighted by molar-refractivity contribution is 5.80. The number of ether oxygens (including phenoxy) is 2. The Morgan fingerprint density at radius 3 is 2.33 bits per heavy atom. The molecule has 2 aliphatic rings. The van der Waals surface area contributed by atoms with Crippen molar-refractivity contribution in [3.05, 3.63) is 35.9 Å². The van der Waals surface area contributed by atoms with E-state index in [4.69, 9.17) is 9.47 Å². The Labute approximate surface area is 161 Å². The Bertz CT molecular complexity index is 650. The molecule has 1 aromatic carbocycles. The van der Waals surface area contributed by atoms with Gasteiger partial charge in [0.25, 0.3) is 0 Å². The fourth-order valence-electron chi connectivity index (χ4n) is 3.76. The van der Waals surface area contributed by atoms with Gasteiger partial charge in [-0.15, -0.1) is 0 Å². The van der Waals surface area contributed by atoms with Crippen LogP contribution in [0.4, 0.5) is 4.79 Å². The van der Waals surface area contributed by atoms with Gasteiger partial charge in [-0.3, -0.25) is 4.79 Å². The third-order valence-corrected chi connectivity index (χ3v) is 5.05. The fourth-order valence-corrected chi connectivity index (χ4v) is 3.76. The maximum absolute atomic E-state index is 13.1. The third kappa shape index (κ3) is 5.22. The van der Waals surface area contributed by atoms with Crippen molar-refractivity contribution in [2.24, 2.45) is 5.92 Å². The van der Waals surface area contributed by atoms with Crippen molar-refractivity contribution < 1.29 is 19.1 Å². The second-order valence-corrected chi connectivity index (χ2v) is 8.36. The number of likely N-dealkylation sites (tertiary alicyclic amines) is 1. The van der Waals surface area contributed by atoms with E-state index in [1.807, 2.05) is 43.9 Å². The van der Waals surface area contributed by atoms with E-state index in [1.165, 1.54) is 0 Å². The van der Waals surface area contributed by atoms with Crippen LogP contribution < -0.4 is 0 Å². The number of amides is 2. The first-order chi connectivity index (χ1) is 12.8. The zero-order valence-electron chi connectivity index (χ0n) is 16.5. The Hall–Kier alpha value is -2.08. The number of hydrogen-bond donors (Lipinski definition) is 0. The first kappa shape index (κ1) is 19.7. The number of carbonyl (C=O) groups is 2. The van der Waals surface area contributed by atoms with Crippen LogP contribution in [0.2, 0.25) is 0 Å². The number of morpholine rings is 1. The minimum atomic E-state index is -0.555. The molecule has 2 fully saturated rings. The minimum Gasteiger partial charge on any atom is -0.444 e. The van der Waals surface area contributed by atoms with Crippen molar-refractivity contribution in [2.45, 2.75) is 38.7 Å². The lowest BCUT2D eigenvalue weighted by atomic mass is 9.84. The van der Waals surface area contributed by atoms with E-state index < -0.39 is 5.60 Å². The molecular weight excluding hydrogens is 344 g/mol. The molecule has 148 valence electrons. The molecule has 1 aromatic rings. The second-order valence-electron chi connectivity index (χ2n) is 8.36. The molecule has 27 heavy (non-hydrogen) atoms. The molecule has 0 N–H and O–H groups in total. The Morgan fingerprint density at radius 1 is 1.04 bits per heavy atom. The molecule has 0 aromatic heterocycles. The topological polar surface area (TPSA) is 59.1 Å². The smallest absolute Gasteiger partial charge is 0.410 e. The summed E-state index contributed by atoms with van der Waals surface area (Å²) in [6.45, 7) is 8.97. The summed E-state index contributed by atoms with van der Waals surface area (Å²) < 4.78 is 10.9. The molecule has 0 aliphatic carbocycles. The molecule has 3 rings (SSSR count). The highest BCUT2D eigenvalue weighted by Gasteiger charge is 2.38. The van der Waals surface area contributed by atoms with Crippen LogP contribution in [0.25, 0.3) is 0 Å². The van der Waals surface area contributed by atoms with Gasteiger partial charge in [-0.25, -0.2) is 4.79 Å². The second kappa shape index (κ2) is 8.30. The Morgan fingerprint density at radius 2 is 1.70 bits per heavy atom. The van der Waals surface area contributed by atoms with Crippen LogP contribution >= 0.6 is 0 Å². The number of piperidine rings is 1. The zero-order valence-corrected chi connectivity index (χ0v) is 16.5. The number of benzene rings is 1. The zero-order chi connectivity index (χ0) is 19.4. The van der Waals surface area contributed by atoms with Crippen LogP contribution in [0.1, 0.15) is 38.7 Å². The molecule has 0 spiro atoms. The highest BCUT2D eigenvalue weighted by atomic mass is 16.6. The summed E-state index contributed by atoms with van der Waals surface area (Å²) in [6.07, 6.45) is 0.405. The van der Waals surface area contributed by atoms with Crippen LogP contribution in [0.15, 0.2) is 30.3 Å². The molecule has 2 heterocycles. The number of carbonyl (C=O) groups excluding carboxylic acids is 2. The van der Waals surface area contributed by atoms with Crippen molar-refractivity contribution in [2.75, 3.05) is 39.4 Å². The predicted octanol–water partition coefficient (Wildman–Crippen LogP) is 2.89. The van der Waals surface area contributed by atoms with E-state index in [0.717, 1.165) is 12.0 Å². The summed E-state index contributed by atoms with van der Waals surface area (Å²) in [7, 11) is 0. The number of nitrogens with zero attached hydrogens (tertiary/aromatic N) is 2. The van der Waals surface area contributed by atoms with Crippen molar-refractivity contribution in [3.8, 4) is 0 Å². The normalized spacial score (nSPS) is 23.8. The molecule has 0 saturated carbocycles. The minimum absolute atomic E-state index is 0.118. The molecule has 6 nitrogen and oxygen atoms in total. The van der Waals surface area contributed by atoms with E-state index in [0.29, 0.717) is 39.4 Å². The lowest BCUT2D eigenvalue weighted by molar-refractivity contribution is -0.141. The third-order valence-electron chi connectivity index (χ3n) is 5.05. The number of rotatable bonds is 2. The molecule has 2 unspecified atom stereocenters. The fraction of sp³-hybridized carbons (Fsp3) is 0.619. The van der Waals surface area contributed by atoms with E-state index in [-0.39, 0.29) is 23.8 Å². The van der Waals surface area contributed by atoms with E-state index >= 15 is 0 Å². The summed E-state index contributed by atoms with van der Waals surface area (Å²) in [5, 5.41) is 0. The molecule has 0 radical (unpaired) electrons. The first-order valence-electron chi connectivity index (χ1n) is 9.73. The highest BCUT2D eigenvalue weighted by Crippen LogP contribution is 2.32. The largest absolute Gasteiger partial charge is 0.444 e. The molecule has 2 amide bonds. The van der Waals surface area contributed by atoms with Gasteiger partial charge in [0.2, 0.25) is 5.91 Å². The summed E-state index contributed by atoms with van der Waals surface area (Å²) in [6, 6.07) is 10.1. The van der Waals surface area contributed by atoms with Gasteiger partial charge in [0.1, 0.15) is 5.60 Å². The van der Waals surface area contributed by atoms with Gasteiger partial charge in [-0.1, -0.05) is 30.3 Å². The average Bonchev–Trinajstić information content (AvgIpc) is 2.67. The van der Waals surface area contributed by atoms with Gasteiger partial charge in [0.05, 0.1) is 19.1 Å². The van der Waals surface area contributed by atoms with E-state index in [1.54, 1.807) is 4.90 Å². The maximum Gasteiger partial charge on any atom is 0.410 e. The molecule has 2 saturated heterocycles. The van der Waals surface area contributed by atoms with Gasteiger partial charge in [-0.05, 0) is 32.8 Å². The van der Waals surface area contributed by atoms with Gasteiger partial charge in [0.15, 0.2) is 0 Å². The van der Waals surface area contributed by atoms with Crippen molar-refractivity contribution in [1.82, 2.24) is 9.80 Å². The van der Waals surface area contributed by atoms with Crippen LogP contribution in [0, 0.1) is 5.92 Å². The maximum atomic E-state index is 13.1. The van der Waals surface area contributed by atoms with Crippen LogP contribution in [-0.4, -0.2) is 66.8 Å². The van der Waals surface area contributed by atoms with Gasteiger partial charge < -0.3 is 19.3 Å². The van der Waals surface area contributed by atoms with Crippen molar-refractivity contribution in [1.29, 1.82) is 0 Å². The first-order valence-corrected chi connectivity index (χ1v) is 9.73. The Kier molecular flexibility index (Phi) is 6.05. The van der Waals surface area contributed by atoms with Crippen LogP contribution in [0.5, 0.6) is 0 Å². The quantitative estimate of drug-likeness (QED) is 0.799. The van der Waals surface area contributed by atoms with E-state index in [9.17, 15) is 9.59 Å². The lowest BCUT2D eigenvalue weighted by Crippen LogP contribution is -2.51. The molecular formula is C21H30N2O4. The van der Waals surface area contributed by atoms with Crippen molar-refractivity contribution >= 4 is 12.0 Å². The molecule has 2 atom stereocenters. The van der Waals surface area contributed by atoms with Crippen LogP contribution in [-0.2, 0) is 14.3 Å². The van der Waals surface area contributed by atoms with Gasteiger partial charge >= 0.3 is 6.09 Å². The standard InChI is InChI=1S/C21H30N2O4/c1-21(2,3)27-20(25)23-14-17(16-7-5-4-6-8-16)13-18(15-23)19(24)22-9-11-26-12-10-22/h4-8,17-18H,9-15H2,1-3H3. The monoisotopic (exact) mass is 374 g/mol. The Balaban J connectivity index is 1.78.